The number of rotatable bonds is 8. The van der Waals surface area contributed by atoms with E-state index in [1.807, 2.05) is 35.2 Å². The van der Waals surface area contributed by atoms with Gasteiger partial charge in [0.05, 0.1) is 6.04 Å². The minimum atomic E-state index is -1.26. The number of para-hydroxylation sites is 1. The summed E-state index contributed by atoms with van der Waals surface area (Å²) in [7, 11) is 0. The number of unbranched alkanes of at least 4 members (excludes halogenated alkanes) is 1. The number of amides is 2. The number of aliphatic carboxylic acids is 2. The second-order valence-electron chi connectivity index (χ2n) is 7.33. The van der Waals surface area contributed by atoms with Crippen LogP contribution < -0.4 is 10.2 Å². The minimum absolute atomic E-state index is 0.0373. The van der Waals surface area contributed by atoms with Crippen LogP contribution in [-0.4, -0.2) is 64.8 Å². The Morgan fingerprint density at radius 1 is 1.17 bits per heavy atom. The molecule has 2 amide bonds. The molecule has 1 aliphatic heterocycles. The van der Waals surface area contributed by atoms with Crippen LogP contribution in [0.4, 0.5) is 10.5 Å². The van der Waals surface area contributed by atoms with Crippen molar-refractivity contribution in [2.45, 2.75) is 52.1 Å². The summed E-state index contributed by atoms with van der Waals surface area (Å²) >= 11 is 0. The van der Waals surface area contributed by atoms with Crippen LogP contribution in [0.1, 0.15) is 40.0 Å². The minimum Gasteiger partial charge on any atom is -0.478 e. The third kappa shape index (κ3) is 9.09. The summed E-state index contributed by atoms with van der Waals surface area (Å²) in [5, 5.41) is 18.7. The number of carbonyl (C=O) groups excluding carboxylic acids is 1. The second-order valence-corrected chi connectivity index (χ2v) is 7.33. The Bertz CT molecular complexity index is 690. The van der Waals surface area contributed by atoms with E-state index in [0.29, 0.717) is 18.2 Å². The quantitative estimate of drug-likeness (QED) is 0.441. The summed E-state index contributed by atoms with van der Waals surface area (Å²) in [6, 6.07) is 10.9. The van der Waals surface area contributed by atoms with Gasteiger partial charge in [-0.1, -0.05) is 31.5 Å². The molecule has 1 atom stereocenters. The summed E-state index contributed by atoms with van der Waals surface area (Å²) in [5.74, 6) is -2.51. The SMILES string of the molecule is CCCCNC(=O)N(c1ccccc1)C1CCN(C(C)C)C1.O=C(O)C=CC(=O)O. The highest BCUT2D eigenvalue weighted by Crippen LogP contribution is 2.24. The van der Waals surface area contributed by atoms with Gasteiger partial charge in [0.25, 0.3) is 0 Å². The van der Waals surface area contributed by atoms with Crippen LogP contribution in [0, 0.1) is 0 Å². The van der Waals surface area contributed by atoms with E-state index >= 15 is 0 Å². The summed E-state index contributed by atoms with van der Waals surface area (Å²) in [5.41, 5.74) is 0.993. The van der Waals surface area contributed by atoms with Gasteiger partial charge in [-0.05, 0) is 38.8 Å². The smallest absolute Gasteiger partial charge is 0.328 e. The molecule has 1 unspecified atom stereocenters. The van der Waals surface area contributed by atoms with Crippen LogP contribution in [0.5, 0.6) is 0 Å². The first-order valence-corrected chi connectivity index (χ1v) is 10.3. The van der Waals surface area contributed by atoms with E-state index in [1.54, 1.807) is 0 Å². The first-order chi connectivity index (χ1) is 14.3. The monoisotopic (exact) mass is 419 g/mol. The summed E-state index contributed by atoms with van der Waals surface area (Å²) in [6.45, 7) is 9.34. The Morgan fingerprint density at radius 2 is 1.77 bits per heavy atom. The molecule has 0 bridgehead atoms. The summed E-state index contributed by atoms with van der Waals surface area (Å²) in [4.78, 5) is 36.2. The molecular weight excluding hydrogens is 386 g/mol. The topological polar surface area (TPSA) is 110 Å². The maximum atomic E-state index is 12.7. The van der Waals surface area contributed by atoms with Gasteiger partial charge in [0.2, 0.25) is 0 Å². The van der Waals surface area contributed by atoms with Crippen LogP contribution in [0.25, 0.3) is 0 Å². The number of anilines is 1. The molecule has 1 heterocycles. The Labute approximate surface area is 178 Å². The number of urea groups is 1. The first kappa shape index (κ1) is 25.2. The molecule has 3 N–H and O–H groups in total. The van der Waals surface area contributed by atoms with Crippen LogP contribution in [-0.2, 0) is 9.59 Å². The normalized spacial score (nSPS) is 16.2. The standard InChI is InChI=1S/C18H29N3O.C4H4O4/c1-4-5-12-19-18(22)21(16-9-7-6-8-10-16)17-11-13-20(14-17)15(2)3;5-3(6)1-2-4(7)8/h6-10,15,17H,4-5,11-14H2,1-3H3,(H,19,22);1-2H,(H,5,6)(H,7,8). The van der Waals surface area contributed by atoms with Gasteiger partial charge in [-0.25, -0.2) is 14.4 Å². The molecule has 1 fully saturated rings. The molecule has 30 heavy (non-hydrogen) atoms. The molecule has 1 saturated heterocycles. The number of carboxylic acids is 2. The fraction of sp³-hybridized carbons (Fsp3) is 0.500. The van der Waals surface area contributed by atoms with Crippen LogP contribution in [0.3, 0.4) is 0 Å². The van der Waals surface area contributed by atoms with Crippen molar-refractivity contribution in [3.8, 4) is 0 Å². The maximum absolute atomic E-state index is 12.7. The predicted octanol–water partition coefficient (Wildman–Crippen LogP) is 3.20. The molecule has 0 spiro atoms. The summed E-state index contributed by atoms with van der Waals surface area (Å²) in [6.07, 6.45) is 4.27. The van der Waals surface area contributed by atoms with E-state index in [0.717, 1.165) is 44.6 Å². The zero-order chi connectivity index (χ0) is 22.5. The average Bonchev–Trinajstić information content (AvgIpc) is 3.18. The first-order valence-electron chi connectivity index (χ1n) is 10.3. The predicted molar refractivity (Wildman–Crippen MR) is 117 cm³/mol. The third-order valence-electron chi connectivity index (χ3n) is 4.72. The van der Waals surface area contributed by atoms with Crippen molar-refractivity contribution in [1.82, 2.24) is 10.2 Å². The molecule has 0 radical (unpaired) electrons. The number of hydrogen-bond donors (Lipinski definition) is 3. The lowest BCUT2D eigenvalue weighted by Gasteiger charge is -2.30. The van der Waals surface area contributed by atoms with Crippen molar-refractivity contribution in [1.29, 1.82) is 0 Å². The number of benzene rings is 1. The number of nitrogens with one attached hydrogen (secondary N) is 1. The van der Waals surface area contributed by atoms with Gasteiger partial charge >= 0.3 is 18.0 Å². The Kier molecular flexibility index (Phi) is 11.2. The number of likely N-dealkylation sites (tertiary alicyclic amines) is 1. The highest BCUT2D eigenvalue weighted by molar-refractivity contribution is 5.92. The van der Waals surface area contributed by atoms with E-state index in [4.69, 9.17) is 10.2 Å². The lowest BCUT2D eigenvalue weighted by atomic mass is 10.2. The van der Waals surface area contributed by atoms with E-state index < -0.39 is 11.9 Å². The lowest BCUT2D eigenvalue weighted by Crippen LogP contribution is -2.48. The van der Waals surface area contributed by atoms with Gasteiger partial charge in [-0.2, -0.15) is 0 Å². The van der Waals surface area contributed by atoms with Crippen LogP contribution >= 0.6 is 0 Å². The van der Waals surface area contributed by atoms with Crippen LogP contribution in [0.15, 0.2) is 42.5 Å². The zero-order valence-electron chi connectivity index (χ0n) is 18.0. The maximum Gasteiger partial charge on any atom is 0.328 e. The lowest BCUT2D eigenvalue weighted by molar-refractivity contribution is -0.134. The van der Waals surface area contributed by atoms with E-state index in [-0.39, 0.29) is 12.1 Å². The van der Waals surface area contributed by atoms with Crippen molar-refractivity contribution in [3.05, 3.63) is 42.5 Å². The number of hydrogen-bond acceptors (Lipinski definition) is 4. The average molecular weight is 420 g/mol. The Hall–Kier alpha value is -2.87. The van der Waals surface area contributed by atoms with Gasteiger partial charge in [0.1, 0.15) is 0 Å². The van der Waals surface area contributed by atoms with E-state index in [2.05, 4.69) is 31.0 Å². The largest absolute Gasteiger partial charge is 0.478 e. The highest BCUT2D eigenvalue weighted by atomic mass is 16.4. The molecule has 1 aliphatic rings. The van der Waals surface area contributed by atoms with Gasteiger partial charge in [0, 0.05) is 43.5 Å². The molecule has 2 rings (SSSR count). The molecule has 1 aromatic carbocycles. The van der Waals surface area contributed by atoms with Crippen LogP contribution in [0.2, 0.25) is 0 Å². The van der Waals surface area contributed by atoms with Crippen molar-refractivity contribution < 1.29 is 24.6 Å². The van der Waals surface area contributed by atoms with Crippen molar-refractivity contribution >= 4 is 23.7 Å². The summed E-state index contributed by atoms with van der Waals surface area (Å²) < 4.78 is 0. The van der Waals surface area contributed by atoms with Gasteiger partial charge in [0.15, 0.2) is 0 Å². The van der Waals surface area contributed by atoms with Crippen molar-refractivity contribution in [3.63, 3.8) is 0 Å². The van der Waals surface area contributed by atoms with E-state index in [1.165, 1.54) is 0 Å². The van der Waals surface area contributed by atoms with Crippen molar-refractivity contribution in [2.24, 2.45) is 0 Å². The Morgan fingerprint density at radius 3 is 2.23 bits per heavy atom. The van der Waals surface area contributed by atoms with E-state index in [9.17, 15) is 14.4 Å². The molecule has 0 saturated carbocycles. The molecule has 8 heteroatoms. The molecule has 1 aromatic rings. The number of carboxylic acid groups (broad SMARTS) is 2. The number of nitrogens with zero attached hydrogens (tertiary/aromatic N) is 2. The molecule has 0 aliphatic carbocycles. The third-order valence-corrected chi connectivity index (χ3v) is 4.72. The van der Waals surface area contributed by atoms with Gasteiger partial charge in [-0.3, -0.25) is 9.80 Å². The molecule has 166 valence electrons. The highest BCUT2D eigenvalue weighted by Gasteiger charge is 2.32. The fourth-order valence-corrected chi connectivity index (χ4v) is 3.13. The van der Waals surface area contributed by atoms with Gasteiger partial charge in [-0.15, -0.1) is 0 Å². The fourth-order valence-electron chi connectivity index (χ4n) is 3.13. The molecule has 0 aromatic heterocycles. The second kappa shape index (κ2) is 13.4. The van der Waals surface area contributed by atoms with Crippen molar-refractivity contribution in [2.75, 3.05) is 24.5 Å². The zero-order valence-corrected chi connectivity index (χ0v) is 18.0. The molecule has 8 nitrogen and oxygen atoms in total. The number of carbonyl (C=O) groups is 3. The van der Waals surface area contributed by atoms with Gasteiger partial charge < -0.3 is 15.5 Å². The Balaban J connectivity index is 0.000000479. The molecular formula is C22H33N3O5.